The first-order valence-electron chi connectivity index (χ1n) is 9.85. The van der Waals surface area contributed by atoms with E-state index in [1.807, 2.05) is 11.4 Å². The highest BCUT2D eigenvalue weighted by atomic mass is 15.4. The van der Waals surface area contributed by atoms with Crippen molar-refractivity contribution < 1.29 is 4.90 Å². The Balaban J connectivity index is 1.89. The number of nitrogens with zero attached hydrogens (tertiary/aromatic N) is 5. The Morgan fingerprint density at radius 1 is 1.08 bits per heavy atom. The van der Waals surface area contributed by atoms with E-state index in [1.165, 1.54) is 31.0 Å². The molecule has 0 saturated carbocycles. The Labute approximate surface area is 154 Å². The highest BCUT2D eigenvalue weighted by Crippen LogP contribution is 2.26. The van der Waals surface area contributed by atoms with Gasteiger partial charge in [0.1, 0.15) is 5.82 Å². The quantitative estimate of drug-likeness (QED) is 0.774. The average molecular weight is 353 g/mol. The van der Waals surface area contributed by atoms with Gasteiger partial charge in [-0.2, -0.15) is 4.52 Å². The summed E-state index contributed by atoms with van der Waals surface area (Å²) in [6.45, 7) is 14.3. The molecule has 1 fully saturated rings. The Hall–Kier alpha value is -2.21. The van der Waals surface area contributed by atoms with Gasteiger partial charge in [-0.15, -0.1) is 5.10 Å². The Morgan fingerprint density at radius 3 is 2.54 bits per heavy atom. The van der Waals surface area contributed by atoms with Crippen LogP contribution in [0.3, 0.4) is 0 Å². The van der Waals surface area contributed by atoms with Crippen LogP contribution in [-0.2, 0) is 6.42 Å². The van der Waals surface area contributed by atoms with Gasteiger partial charge in [0, 0.05) is 17.5 Å². The number of fused-ring (bicyclic) bond motifs is 3. The molecule has 6 heteroatoms. The van der Waals surface area contributed by atoms with Crippen LogP contribution in [0.2, 0.25) is 0 Å². The molecule has 3 aromatic heterocycles. The second-order valence-electron chi connectivity index (χ2n) is 7.46. The van der Waals surface area contributed by atoms with Crippen LogP contribution in [0.15, 0.2) is 12.1 Å². The summed E-state index contributed by atoms with van der Waals surface area (Å²) in [5.74, 6) is 1.17. The Bertz CT molecular complexity index is 937. The molecule has 6 nitrogen and oxygen atoms in total. The molecule has 4 rings (SSSR count). The van der Waals surface area contributed by atoms with Gasteiger partial charge in [-0.05, 0) is 38.8 Å². The zero-order valence-corrected chi connectivity index (χ0v) is 16.3. The second kappa shape index (κ2) is 6.83. The number of quaternary nitrogens is 1. The number of hydrogen-bond donors (Lipinski definition) is 1. The van der Waals surface area contributed by atoms with Crippen LogP contribution in [0.25, 0.3) is 16.7 Å². The summed E-state index contributed by atoms with van der Waals surface area (Å²) in [6, 6.07) is 4.36. The minimum Gasteiger partial charge on any atom is -0.345 e. The fraction of sp³-hybridized carbons (Fsp3) is 0.550. The number of aryl methyl sites for hydroxylation is 3. The molecule has 0 atom stereocenters. The standard InChI is InChI=1S/C20H28N6/c1-5-7-16-13-17(25-10-8-24(6-2)9-11-25)26-20(22-16)18-14(3)12-15(4)21-19(18)23-26/h12-13H,5-11H2,1-4H3/p+1. The summed E-state index contributed by atoms with van der Waals surface area (Å²) < 4.78 is 2.03. The number of rotatable bonds is 4. The van der Waals surface area contributed by atoms with Gasteiger partial charge in [-0.1, -0.05) is 13.3 Å². The smallest absolute Gasteiger partial charge is 0.184 e. The maximum Gasteiger partial charge on any atom is 0.184 e. The van der Waals surface area contributed by atoms with Crippen LogP contribution in [0, 0.1) is 13.8 Å². The van der Waals surface area contributed by atoms with Crippen LogP contribution in [0.1, 0.15) is 37.2 Å². The van der Waals surface area contributed by atoms with E-state index >= 15 is 0 Å². The molecule has 4 heterocycles. The van der Waals surface area contributed by atoms with Gasteiger partial charge in [-0.3, -0.25) is 0 Å². The predicted molar refractivity (Wildman–Crippen MR) is 105 cm³/mol. The van der Waals surface area contributed by atoms with E-state index in [2.05, 4.69) is 42.8 Å². The summed E-state index contributed by atoms with van der Waals surface area (Å²) in [4.78, 5) is 13.8. The van der Waals surface area contributed by atoms with E-state index in [-0.39, 0.29) is 0 Å². The van der Waals surface area contributed by atoms with Gasteiger partial charge in [0.15, 0.2) is 11.3 Å². The van der Waals surface area contributed by atoms with Gasteiger partial charge >= 0.3 is 0 Å². The van der Waals surface area contributed by atoms with E-state index in [1.54, 1.807) is 4.90 Å². The van der Waals surface area contributed by atoms with Crippen LogP contribution in [0.5, 0.6) is 0 Å². The lowest BCUT2D eigenvalue weighted by molar-refractivity contribution is -0.898. The lowest BCUT2D eigenvalue weighted by Crippen LogP contribution is -3.14. The van der Waals surface area contributed by atoms with Crippen LogP contribution < -0.4 is 9.80 Å². The van der Waals surface area contributed by atoms with Crippen molar-refractivity contribution in [2.24, 2.45) is 0 Å². The number of piperazine rings is 1. The van der Waals surface area contributed by atoms with Gasteiger partial charge in [0.2, 0.25) is 0 Å². The summed E-state index contributed by atoms with van der Waals surface area (Å²) >= 11 is 0. The SMILES string of the molecule is CCCc1cc(N2CC[NH+](CC)CC2)n2nc3nc(C)cc(C)c3c2n1. The molecule has 3 aromatic rings. The van der Waals surface area contributed by atoms with Crippen LogP contribution in [0.4, 0.5) is 5.82 Å². The number of aromatic nitrogens is 4. The fourth-order valence-corrected chi connectivity index (χ4v) is 4.07. The van der Waals surface area contributed by atoms with Crippen molar-refractivity contribution in [3.63, 3.8) is 0 Å². The third-order valence-corrected chi connectivity index (χ3v) is 5.51. The van der Waals surface area contributed by atoms with E-state index in [4.69, 9.17) is 10.1 Å². The van der Waals surface area contributed by atoms with E-state index in [0.717, 1.165) is 54.0 Å². The van der Waals surface area contributed by atoms with Crippen molar-refractivity contribution in [1.82, 2.24) is 19.6 Å². The monoisotopic (exact) mass is 353 g/mol. The van der Waals surface area contributed by atoms with Crippen LogP contribution >= 0.6 is 0 Å². The molecule has 0 aliphatic carbocycles. The minimum absolute atomic E-state index is 0.808. The number of likely N-dealkylation sites (N-methyl/N-ethyl adjacent to an activating group) is 1. The maximum absolute atomic E-state index is 4.96. The summed E-state index contributed by atoms with van der Waals surface area (Å²) in [7, 11) is 0. The Morgan fingerprint density at radius 2 is 1.85 bits per heavy atom. The second-order valence-corrected chi connectivity index (χ2v) is 7.46. The van der Waals surface area contributed by atoms with E-state index in [0.29, 0.717) is 0 Å². The average Bonchev–Trinajstić information content (AvgIpc) is 2.99. The third kappa shape index (κ3) is 2.92. The van der Waals surface area contributed by atoms with Gasteiger partial charge in [-0.25, -0.2) is 9.97 Å². The van der Waals surface area contributed by atoms with Gasteiger partial charge in [0.25, 0.3) is 0 Å². The normalized spacial score (nSPS) is 16.1. The molecule has 138 valence electrons. The first-order chi connectivity index (χ1) is 12.6. The molecule has 0 unspecified atom stereocenters. The summed E-state index contributed by atoms with van der Waals surface area (Å²) in [5.41, 5.74) is 5.13. The molecule has 0 amide bonds. The highest BCUT2D eigenvalue weighted by Gasteiger charge is 2.23. The molecule has 0 radical (unpaired) electrons. The number of pyridine rings is 1. The van der Waals surface area contributed by atoms with E-state index in [9.17, 15) is 0 Å². The number of hydrogen-bond acceptors (Lipinski definition) is 4. The Kier molecular flexibility index (Phi) is 4.53. The lowest BCUT2D eigenvalue weighted by atomic mass is 10.1. The molecule has 1 saturated heterocycles. The molecular formula is C20H29N6+. The number of anilines is 1. The fourth-order valence-electron chi connectivity index (χ4n) is 4.07. The van der Waals surface area contributed by atoms with Crippen molar-refractivity contribution >= 4 is 22.5 Å². The number of nitrogens with one attached hydrogen (secondary N) is 1. The molecule has 1 N–H and O–H groups in total. The first-order valence-corrected chi connectivity index (χ1v) is 9.85. The van der Waals surface area contributed by atoms with Crippen molar-refractivity contribution in [1.29, 1.82) is 0 Å². The predicted octanol–water partition coefficient (Wildman–Crippen LogP) is 1.57. The molecule has 0 aromatic carbocycles. The zero-order chi connectivity index (χ0) is 18.3. The topological polar surface area (TPSA) is 50.8 Å². The summed E-state index contributed by atoms with van der Waals surface area (Å²) in [5, 5.41) is 5.94. The van der Waals surface area contributed by atoms with Crippen molar-refractivity contribution in [3.05, 3.63) is 29.1 Å². The lowest BCUT2D eigenvalue weighted by Gasteiger charge is -2.33. The molecule has 1 aliphatic heterocycles. The molecule has 0 bridgehead atoms. The largest absolute Gasteiger partial charge is 0.345 e. The van der Waals surface area contributed by atoms with E-state index < -0.39 is 0 Å². The maximum atomic E-state index is 4.96. The van der Waals surface area contributed by atoms with Crippen LogP contribution in [-0.4, -0.2) is 52.3 Å². The first kappa shape index (κ1) is 17.2. The van der Waals surface area contributed by atoms with Crippen molar-refractivity contribution in [2.45, 2.75) is 40.5 Å². The van der Waals surface area contributed by atoms with Crippen molar-refractivity contribution in [3.8, 4) is 0 Å². The minimum atomic E-state index is 0.808. The zero-order valence-electron chi connectivity index (χ0n) is 16.3. The van der Waals surface area contributed by atoms with Gasteiger partial charge < -0.3 is 9.80 Å². The van der Waals surface area contributed by atoms with Gasteiger partial charge in [0.05, 0.1) is 38.1 Å². The molecule has 1 aliphatic rings. The molecular weight excluding hydrogens is 324 g/mol. The molecule has 0 spiro atoms. The highest BCUT2D eigenvalue weighted by molar-refractivity contribution is 5.93. The third-order valence-electron chi connectivity index (χ3n) is 5.51. The molecule has 26 heavy (non-hydrogen) atoms. The van der Waals surface area contributed by atoms with Crippen molar-refractivity contribution in [2.75, 3.05) is 37.6 Å². The summed E-state index contributed by atoms with van der Waals surface area (Å²) in [6.07, 6.45) is 2.09.